The number of hydrogen-bond donors (Lipinski definition) is 1. The molecule has 6 nitrogen and oxygen atoms in total. The van der Waals surface area contributed by atoms with Gasteiger partial charge in [-0.25, -0.2) is 4.39 Å². The number of benzene rings is 1. The summed E-state index contributed by atoms with van der Waals surface area (Å²) in [6.07, 6.45) is -0.237. The van der Waals surface area contributed by atoms with Crippen LogP contribution in [0.4, 0.5) is 4.39 Å². The van der Waals surface area contributed by atoms with E-state index in [1.807, 2.05) is 0 Å². The van der Waals surface area contributed by atoms with Crippen LogP contribution >= 0.6 is 0 Å². The molecule has 1 fully saturated rings. The van der Waals surface area contributed by atoms with Crippen LogP contribution in [0.25, 0.3) is 0 Å². The topological polar surface area (TPSA) is 83.6 Å². The summed E-state index contributed by atoms with van der Waals surface area (Å²) in [6, 6.07) is 2.50. The molecular weight excluding hydrogens is 267 g/mol. The Labute approximate surface area is 112 Å². The largest absolute Gasteiger partial charge is 0.347 e. The summed E-state index contributed by atoms with van der Waals surface area (Å²) in [5.41, 5.74) is -0.427. The molecule has 1 saturated heterocycles. The highest BCUT2D eigenvalue weighted by Crippen LogP contribution is 2.28. The van der Waals surface area contributed by atoms with Crippen molar-refractivity contribution in [3.63, 3.8) is 0 Å². The lowest BCUT2D eigenvalue weighted by Crippen LogP contribution is -2.55. The lowest BCUT2D eigenvalue weighted by atomic mass is 10.0. The fourth-order valence-electron chi connectivity index (χ4n) is 2.44. The van der Waals surface area contributed by atoms with E-state index in [0.717, 1.165) is 6.07 Å². The van der Waals surface area contributed by atoms with Crippen LogP contribution in [0.15, 0.2) is 18.2 Å². The minimum absolute atomic E-state index is 0.0826. The summed E-state index contributed by atoms with van der Waals surface area (Å²) < 4.78 is 13.7. The summed E-state index contributed by atoms with van der Waals surface area (Å²) in [6.45, 7) is -0.118. The Morgan fingerprint density at radius 1 is 1.15 bits per heavy atom. The summed E-state index contributed by atoms with van der Waals surface area (Å²) in [4.78, 5) is 48.1. The maximum absolute atomic E-state index is 13.7. The van der Waals surface area contributed by atoms with Crippen molar-refractivity contribution in [2.24, 2.45) is 0 Å². The van der Waals surface area contributed by atoms with Gasteiger partial charge in [0.1, 0.15) is 11.9 Å². The van der Waals surface area contributed by atoms with Gasteiger partial charge in [-0.3, -0.25) is 24.1 Å². The molecule has 1 unspecified atom stereocenters. The first-order valence-corrected chi connectivity index (χ1v) is 5.96. The number of halogens is 1. The van der Waals surface area contributed by atoms with Crippen molar-refractivity contribution in [2.45, 2.75) is 12.5 Å². The first kappa shape index (κ1) is 12.5. The van der Waals surface area contributed by atoms with Gasteiger partial charge in [0.25, 0.3) is 11.8 Å². The number of nitrogens with zero attached hydrogens (tertiary/aromatic N) is 1. The van der Waals surface area contributed by atoms with Gasteiger partial charge in [0.15, 0.2) is 5.78 Å². The first-order valence-electron chi connectivity index (χ1n) is 5.96. The van der Waals surface area contributed by atoms with E-state index in [1.165, 1.54) is 12.1 Å². The van der Waals surface area contributed by atoms with Crippen molar-refractivity contribution in [2.75, 3.05) is 6.54 Å². The molecule has 0 aliphatic carbocycles. The van der Waals surface area contributed by atoms with Crippen LogP contribution in [0.2, 0.25) is 0 Å². The highest BCUT2D eigenvalue weighted by molar-refractivity contribution is 6.23. The molecule has 1 N–H and O–H groups in total. The molecule has 0 bridgehead atoms. The molecule has 0 spiro atoms. The number of fused-ring (bicyclic) bond motifs is 1. The Morgan fingerprint density at radius 3 is 2.60 bits per heavy atom. The quantitative estimate of drug-likeness (QED) is 0.725. The molecule has 3 amide bonds. The highest BCUT2D eigenvalue weighted by Gasteiger charge is 2.46. The predicted molar refractivity (Wildman–Crippen MR) is 63.3 cm³/mol. The Kier molecular flexibility index (Phi) is 2.63. The van der Waals surface area contributed by atoms with E-state index in [-0.39, 0.29) is 29.9 Å². The number of carbonyl (C=O) groups is 4. The van der Waals surface area contributed by atoms with E-state index in [2.05, 4.69) is 5.32 Å². The lowest BCUT2D eigenvalue weighted by Gasteiger charge is -2.27. The molecular formula is C13H9FN2O4. The summed E-state index contributed by atoms with van der Waals surface area (Å²) >= 11 is 0. The van der Waals surface area contributed by atoms with Gasteiger partial charge in [-0.05, 0) is 12.1 Å². The number of Topliss-reactive ketones (excluding diaryl/α,β-unsaturated/α-hetero) is 1. The van der Waals surface area contributed by atoms with Gasteiger partial charge in [0.2, 0.25) is 5.91 Å². The maximum Gasteiger partial charge on any atom is 0.265 e. The van der Waals surface area contributed by atoms with Gasteiger partial charge >= 0.3 is 0 Å². The van der Waals surface area contributed by atoms with Crippen LogP contribution in [-0.2, 0) is 9.59 Å². The third-order valence-electron chi connectivity index (χ3n) is 3.39. The van der Waals surface area contributed by atoms with Crippen LogP contribution in [-0.4, -0.2) is 41.0 Å². The van der Waals surface area contributed by atoms with Crippen molar-refractivity contribution in [1.29, 1.82) is 0 Å². The summed E-state index contributed by atoms with van der Waals surface area (Å²) in [5, 5.41) is 2.31. The number of piperidine rings is 1. The van der Waals surface area contributed by atoms with Gasteiger partial charge in [-0.2, -0.15) is 0 Å². The Bertz CT molecular complexity index is 670. The Morgan fingerprint density at radius 2 is 1.90 bits per heavy atom. The van der Waals surface area contributed by atoms with E-state index in [9.17, 15) is 23.6 Å². The molecule has 3 rings (SSSR count). The van der Waals surface area contributed by atoms with E-state index in [0.29, 0.717) is 4.90 Å². The van der Waals surface area contributed by atoms with E-state index < -0.39 is 29.6 Å². The highest BCUT2D eigenvalue weighted by atomic mass is 19.1. The van der Waals surface area contributed by atoms with E-state index in [1.54, 1.807) is 0 Å². The average Bonchev–Trinajstić information content (AvgIpc) is 2.66. The smallest absolute Gasteiger partial charge is 0.265 e. The number of ketones is 1. The van der Waals surface area contributed by atoms with Crippen LogP contribution in [0.5, 0.6) is 0 Å². The van der Waals surface area contributed by atoms with Gasteiger partial charge in [-0.1, -0.05) is 6.07 Å². The van der Waals surface area contributed by atoms with E-state index in [4.69, 9.17) is 0 Å². The Balaban J connectivity index is 2.03. The number of hydrogen-bond acceptors (Lipinski definition) is 4. The van der Waals surface area contributed by atoms with Gasteiger partial charge in [0.05, 0.1) is 17.7 Å². The second-order valence-electron chi connectivity index (χ2n) is 4.62. The summed E-state index contributed by atoms with van der Waals surface area (Å²) in [5.74, 6) is -3.31. The molecule has 1 atom stereocenters. The van der Waals surface area contributed by atoms with Crippen molar-refractivity contribution >= 4 is 23.5 Å². The number of amides is 3. The van der Waals surface area contributed by atoms with Crippen molar-refractivity contribution in [3.05, 3.63) is 35.1 Å². The number of carbonyl (C=O) groups excluding carboxylic acids is 4. The first-order chi connectivity index (χ1) is 9.50. The maximum atomic E-state index is 13.7. The Hall–Kier alpha value is -2.57. The third-order valence-corrected chi connectivity index (χ3v) is 3.39. The minimum Gasteiger partial charge on any atom is -0.347 e. The van der Waals surface area contributed by atoms with Crippen molar-refractivity contribution in [3.8, 4) is 0 Å². The molecule has 1 aromatic rings. The molecule has 2 aliphatic heterocycles. The fourth-order valence-corrected chi connectivity index (χ4v) is 2.44. The molecule has 102 valence electrons. The number of rotatable bonds is 1. The van der Waals surface area contributed by atoms with Gasteiger partial charge in [-0.15, -0.1) is 0 Å². The zero-order chi connectivity index (χ0) is 14.4. The molecule has 0 aromatic heterocycles. The monoisotopic (exact) mass is 276 g/mol. The molecule has 7 heteroatoms. The van der Waals surface area contributed by atoms with E-state index >= 15 is 0 Å². The zero-order valence-electron chi connectivity index (χ0n) is 10.2. The molecule has 0 radical (unpaired) electrons. The molecule has 20 heavy (non-hydrogen) atoms. The second kappa shape index (κ2) is 4.22. The normalized spacial score (nSPS) is 22.1. The van der Waals surface area contributed by atoms with Crippen LogP contribution in [0, 0.1) is 5.82 Å². The average molecular weight is 276 g/mol. The zero-order valence-corrected chi connectivity index (χ0v) is 10.2. The fraction of sp³-hybridized carbons (Fsp3) is 0.231. The van der Waals surface area contributed by atoms with Crippen LogP contribution < -0.4 is 5.32 Å². The lowest BCUT2D eigenvalue weighted by molar-refractivity contribution is -0.133. The molecule has 0 saturated carbocycles. The van der Waals surface area contributed by atoms with Crippen molar-refractivity contribution in [1.82, 2.24) is 10.2 Å². The SMILES string of the molecule is O=C1CNC(=O)C(N2C(=O)c3cccc(F)c3C2=O)C1. The number of nitrogens with one attached hydrogen (secondary N) is 1. The van der Waals surface area contributed by atoms with Gasteiger partial charge < -0.3 is 5.32 Å². The second-order valence-corrected chi connectivity index (χ2v) is 4.62. The predicted octanol–water partition coefficient (Wildman–Crippen LogP) is -0.121. The standard InChI is InChI=1S/C13H9FN2O4/c14-8-3-1-2-7-10(8)13(20)16(12(7)19)9-4-6(17)5-15-11(9)18/h1-3,9H,4-5H2,(H,15,18). The van der Waals surface area contributed by atoms with Crippen LogP contribution in [0.3, 0.4) is 0 Å². The molecule has 2 heterocycles. The third kappa shape index (κ3) is 1.63. The number of imide groups is 1. The van der Waals surface area contributed by atoms with Crippen molar-refractivity contribution < 1.29 is 23.6 Å². The summed E-state index contributed by atoms with van der Waals surface area (Å²) in [7, 11) is 0. The van der Waals surface area contributed by atoms with Gasteiger partial charge in [0, 0.05) is 6.42 Å². The molecule has 1 aromatic carbocycles. The van der Waals surface area contributed by atoms with Crippen LogP contribution in [0.1, 0.15) is 27.1 Å². The molecule has 2 aliphatic rings. The minimum atomic E-state index is -1.21.